The van der Waals surface area contributed by atoms with Crippen LogP contribution in [-0.2, 0) is 4.79 Å². The number of rotatable bonds is 8. The number of amides is 2. The molecule has 0 aliphatic carbocycles. The van der Waals surface area contributed by atoms with E-state index in [0.717, 1.165) is 49.4 Å². The molecule has 2 fully saturated rings. The average molecular weight is 483 g/mol. The molecule has 2 aromatic rings. The SMILES string of the molecule is CC(C)(F)CN1CCC(COc2ccc(-c3ccc(C(=O)N4CCC[C@H]4C(N)=O)cc3)nc2)CC1. The Balaban J connectivity index is 1.28. The molecule has 0 bridgehead atoms. The van der Waals surface area contributed by atoms with Crippen LogP contribution in [0.25, 0.3) is 11.3 Å². The summed E-state index contributed by atoms with van der Waals surface area (Å²) >= 11 is 0. The zero-order valence-electron chi connectivity index (χ0n) is 20.6. The lowest BCUT2D eigenvalue weighted by atomic mass is 9.97. The van der Waals surface area contributed by atoms with Crippen molar-refractivity contribution < 1.29 is 18.7 Å². The van der Waals surface area contributed by atoms with E-state index in [2.05, 4.69) is 9.88 Å². The van der Waals surface area contributed by atoms with Crippen LogP contribution in [0.15, 0.2) is 42.6 Å². The quantitative estimate of drug-likeness (QED) is 0.620. The second kappa shape index (κ2) is 10.7. The summed E-state index contributed by atoms with van der Waals surface area (Å²) in [6.45, 7) is 6.72. The van der Waals surface area contributed by atoms with Gasteiger partial charge in [-0.25, -0.2) is 4.39 Å². The van der Waals surface area contributed by atoms with Gasteiger partial charge in [0.2, 0.25) is 5.91 Å². The number of aromatic nitrogens is 1. The van der Waals surface area contributed by atoms with E-state index in [1.165, 1.54) is 0 Å². The number of likely N-dealkylation sites (tertiary alicyclic amines) is 2. The molecule has 0 unspecified atom stereocenters. The van der Waals surface area contributed by atoms with Crippen LogP contribution in [-0.4, -0.2) is 71.1 Å². The van der Waals surface area contributed by atoms with Gasteiger partial charge in [0.25, 0.3) is 5.91 Å². The fourth-order valence-electron chi connectivity index (χ4n) is 4.95. The van der Waals surface area contributed by atoms with E-state index in [-0.39, 0.29) is 5.91 Å². The summed E-state index contributed by atoms with van der Waals surface area (Å²) in [7, 11) is 0. The molecule has 8 heteroatoms. The van der Waals surface area contributed by atoms with E-state index in [0.29, 0.717) is 37.6 Å². The van der Waals surface area contributed by atoms with Gasteiger partial charge < -0.3 is 20.3 Å². The van der Waals surface area contributed by atoms with E-state index < -0.39 is 17.6 Å². The highest BCUT2D eigenvalue weighted by Gasteiger charge is 2.33. The zero-order chi connectivity index (χ0) is 25.0. The molecule has 4 rings (SSSR count). The smallest absolute Gasteiger partial charge is 0.254 e. The molecule has 188 valence electrons. The minimum absolute atomic E-state index is 0.172. The molecule has 0 spiro atoms. The maximum Gasteiger partial charge on any atom is 0.254 e. The number of nitrogens with two attached hydrogens (primary N) is 1. The Labute approximate surface area is 206 Å². The number of carbonyl (C=O) groups excluding carboxylic acids is 2. The molecule has 2 aliphatic rings. The lowest BCUT2D eigenvalue weighted by Crippen LogP contribution is -2.43. The summed E-state index contributed by atoms with van der Waals surface area (Å²) in [5.41, 5.74) is 6.49. The molecule has 1 atom stereocenters. The van der Waals surface area contributed by atoms with Crippen LogP contribution >= 0.6 is 0 Å². The number of alkyl halides is 1. The van der Waals surface area contributed by atoms with Gasteiger partial charge in [-0.2, -0.15) is 0 Å². The monoisotopic (exact) mass is 482 g/mol. The maximum absolute atomic E-state index is 13.8. The van der Waals surface area contributed by atoms with Crippen molar-refractivity contribution in [1.29, 1.82) is 0 Å². The number of carbonyl (C=O) groups is 2. The number of nitrogens with zero attached hydrogens (tertiary/aromatic N) is 3. The molecule has 3 heterocycles. The van der Waals surface area contributed by atoms with E-state index in [1.54, 1.807) is 37.1 Å². The van der Waals surface area contributed by atoms with Gasteiger partial charge in [0.1, 0.15) is 17.5 Å². The van der Waals surface area contributed by atoms with Gasteiger partial charge in [-0.15, -0.1) is 0 Å². The van der Waals surface area contributed by atoms with Crippen molar-refractivity contribution in [3.05, 3.63) is 48.2 Å². The molecule has 2 amide bonds. The Morgan fingerprint density at radius 3 is 2.40 bits per heavy atom. The number of hydrogen-bond acceptors (Lipinski definition) is 5. The molecular formula is C27H35FN4O3. The first kappa shape index (κ1) is 25.1. The molecular weight excluding hydrogens is 447 g/mol. The highest BCUT2D eigenvalue weighted by atomic mass is 19.1. The fraction of sp³-hybridized carbons (Fsp3) is 0.519. The summed E-state index contributed by atoms with van der Waals surface area (Å²) in [5, 5.41) is 0. The third-order valence-electron chi connectivity index (χ3n) is 6.80. The molecule has 1 aromatic heterocycles. The minimum atomic E-state index is -1.16. The third kappa shape index (κ3) is 6.57. The second-order valence-corrected chi connectivity index (χ2v) is 10.3. The summed E-state index contributed by atoms with van der Waals surface area (Å²) in [4.78, 5) is 32.7. The zero-order valence-corrected chi connectivity index (χ0v) is 20.6. The summed E-state index contributed by atoms with van der Waals surface area (Å²) in [5.74, 6) is 0.557. The molecule has 0 radical (unpaired) electrons. The summed E-state index contributed by atoms with van der Waals surface area (Å²) in [6, 6.07) is 10.5. The lowest BCUT2D eigenvalue weighted by Gasteiger charge is -2.34. The van der Waals surface area contributed by atoms with Crippen molar-refractivity contribution in [3.63, 3.8) is 0 Å². The molecule has 0 saturated carbocycles. The van der Waals surface area contributed by atoms with Crippen molar-refractivity contribution >= 4 is 11.8 Å². The van der Waals surface area contributed by atoms with Crippen molar-refractivity contribution in [2.75, 3.05) is 32.8 Å². The van der Waals surface area contributed by atoms with E-state index in [1.807, 2.05) is 24.3 Å². The summed E-state index contributed by atoms with van der Waals surface area (Å²) in [6.07, 6.45) is 5.13. The first-order valence-electron chi connectivity index (χ1n) is 12.4. The number of benzene rings is 1. The Hall–Kier alpha value is -3.00. The predicted octanol–water partition coefficient (Wildman–Crippen LogP) is 3.68. The number of piperidine rings is 1. The highest BCUT2D eigenvalue weighted by Crippen LogP contribution is 2.25. The molecule has 2 aliphatic heterocycles. The molecule has 7 nitrogen and oxygen atoms in total. The summed E-state index contributed by atoms with van der Waals surface area (Å²) < 4.78 is 19.8. The first-order chi connectivity index (χ1) is 16.7. The number of pyridine rings is 1. The Morgan fingerprint density at radius 2 is 1.80 bits per heavy atom. The van der Waals surface area contributed by atoms with E-state index in [9.17, 15) is 14.0 Å². The van der Waals surface area contributed by atoms with Crippen LogP contribution in [0.5, 0.6) is 5.75 Å². The van der Waals surface area contributed by atoms with Crippen LogP contribution in [0, 0.1) is 5.92 Å². The Bertz CT molecular complexity index is 1010. The van der Waals surface area contributed by atoms with Crippen molar-refractivity contribution in [1.82, 2.24) is 14.8 Å². The Kier molecular flexibility index (Phi) is 7.69. The van der Waals surface area contributed by atoms with E-state index in [4.69, 9.17) is 10.5 Å². The van der Waals surface area contributed by atoms with Crippen LogP contribution in [0.3, 0.4) is 0 Å². The minimum Gasteiger partial charge on any atom is -0.492 e. The van der Waals surface area contributed by atoms with Gasteiger partial charge in [0.15, 0.2) is 0 Å². The normalized spacial score (nSPS) is 19.6. The predicted molar refractivity (Wildman–Crippen MR) is 133 cm³/mol. The lowest BCUT2D eigenvalue weighted by molar-refractivity contribution is -0.121. The van der Waals surface area contributed by atoms with Crippen LogP contribution in [0.2, 0.25) is 0 Å². The number of ether oxygens (including phenoxy) is 1. The van der Waals surface area contributed by atoms with Gasteiger partial charge >= 0.3 is 0 Å². The average Bonchev–Trinajstić information content (AvgIpc) is 3.33. The van der Waals surface area contributed by atoms with Gasteiger partial charge in [0, 0.05) is 24.2 Å². The number of hydrogen-bond donors (Lipinski definition) is 1. The van der Waals surface area contributed by atoms with Gasteiger partial charge in [-0.3, -0.25) is 14.6 Å². The van der Waals surface area contributed by atoms with Crippen LogP contribution in [0.4, 0.5) is 4.39 Å². The first-order valence-corrected chi connectivity index (χ1v) is 12.4. The number of halogens is 1. The van der Waals surface area contributed by atoms with Crippen LogP contribution in [0.1, 0.15) is 49.9 Å². The maximum atomic E-state index is 13.8. The van der Waals surface area contributed by atoms with Gasteiger partial charge in [-0.1, -0.05) is 12.1 Å². The second-order valence-electron chi connectivity index (χ2n) is 10.3. The molecule has 2 saturated heterocycles. The highest BCUT2D eigenvalue weighted by molar-refractivity contribution is 5.98. The van der Waals surface area contributed by atoms with Gasteiger partial charge in [-0.05, 0) is 82.8 Å². The van der Waals surface area contributed by atoms with Crippen LogP contribution < -0.4 is 10.5 Å². The number of primary amides is 1. The van der Waals surface area contributed by atoms with Gasteiger partial charge in [0.05, 0.1) is 18.5 Å². The third-order valence-corrected chi connectivity index (χ3v) is 6.80. The van der Waals surface area contributed by atoms with Crippen molar-refractivity contribution in [2.24, 2.45) is 11.7 Å². The largest absolute Gasteiger partial charge is 0.492 e. The van der Waals surface area contributed by atoms with Crippen molar-refractivity contribution in [3.8, 4) is 17.0 Å². The molecule has 1 aromatic carbocycles. The van der Waals surface area contributed by atoms with E-state index >= 15 is 0 Å². The molecule has 35 heavy (non-hydrogen) atoms. The van der Waals surface area contributed by atoms with Crippen molar-refractivity contribution in [2.45, 2.75) is 51.2 Å². The molecule has 2 N–H and O–H groups in total. The fourth-order valence-corrected chi connectivity index (χ4v) is 4.95. The Morgan fingerprint density at radius 1 is 1.09 bits per heavy atom. The standard InChI is InChI=1S/C27H35FN4O3/c1-27(2,28)18-31-14-11-19(12-15-31)17-35-22-9-10-23(30-16-22)20-5-7-21(8-6-20)26(34)32-13-3-4-24(32)25(29)33/h5-10,16,19,24H,3-4,11-15,17-18H2,1-2H3,(H2,29,33)/t24-/m0/s1. The topological polar surface area (TPSA) is 88.8 Å².